The maximum Gasteiger partial charge on any atom is 0.244 e. The van der Waals surface area contributed by atoms with Crippen LogP contribution in [0.2, 0.25) is 0 Å². The third-order valence-corrected chi connectivity index (χ3v) is 1.94. The molecule has 6 nitrogen and oxygen atoms in total. The highest BCUT2D eigenvalue weighted by Gasteiger charge is 2.11. The van der Waals surface area contributed by atoms with Crippen LogP contribution in [-0.2, 0) is 11.3 Å². The topological polar surface area (TPSA) is 77.0 Å². The fourth-order valence-electron chi connectivity index (χ4n) is 1.19. The van der Waals surface area contributed by atoms with Crippen LogP contribution in [-0.4, -0.2) is 38.7 Å². The molecular weight excluding hydrogens is 194 g/mol. The Hall–Kier alpha value is -1.85. The van der Waals surface area contributed by atoms with Crippen LogP contribution >= 0.6 is 0 Å². The standard InChI is InChI=1S/C9H15N5O/c1-3-5-13(4-2)8(15)6-14-7-11-9(10)12-14/h3,7H,1,4-6H2,2H3,(H2,10,12). The number of hydrogen-bond donors (Lipinski definition) is 1. The van der Waals surface area contributed by atoms with E-state index in [2.05, 4.69) is 16.7 Å². The van der Waals surface area contributed by atoms with Crippen molar-refractivity contribution in [1.82, 2.24) is 19.7 Å². The Morgan fingerprint density at radius 1 is 1.80 bits per heavy atom. The zero-order valence-electron chi connectivity index (χ0n) is 8.76. The molecule has 15 heavy (non-hydrogen) atoms. The summed E-state index contributed by atoms with van der Waals surface area (Å²) in [5.41, 5.74) is 5.34. The van der Waals surface area contributed by atoms with Gasteiger partial charge >= 0.3 is 0 Å². The molecule has 1 heterocycles. The minimum Gasteiger partial charge on any atom is -0.367 e. The monoisotopic (exact) mass is 209 g/mol. The maximum atomic E-state index is 11.7. The number of nitrogens with two attached hydrogens (primary N) is 1. The van der Waals surface area contributed by atoms with Gasteiger partial charge in [0.05, 0.1) is 0 Å². The van der Waals surface area contributed by atoms with Crippen molar-refractivity contribution in [3.05, 3.63) is 19.0 Å². The van der Waals surface area contributed by atoms with Gasteiger partial charge in [-0.25, -0.2) is 9.67 Å². The molecule has 2 N–H and O–H groups in total. The van der Waals surface area contributed by atoms with Crippen molar-refractivity contribution >= 4 is 11.9 Å². The molecule has 0 aliphatic heterocycles. The van der Waals surface area contributed by atoms with E-state index in [0.717, 1.165) is 0 Å². The average molecular weight is 209 g/mol. The fraction of sp³-hybridized carbons (Fsp3) is 0.444. The summed E-state index contributed by atoms with van der Waals surface area (Å²) in [6.45, 7) is 6.85. The highest BCUT2D eigenvalue weighted by Crippen LogP contribution is 1.95. The van der Waals surface area contributed by atoms with Crippen molar-refractivity contribution < 1.29 is 4.79 Å². The van der Waals surface area contributed by atoms with E-state index in [9.17, 15) is 4.79 Å². The lowest BCUT2D eigenvalue weighted by Crippen LogP contribution is -2.33. The third-order valence-electron chi connectivity index (χ3n) is 1.94. The van der Waals surface area contributed by atoms with E-state index in [1.165, 1.54) is 11.0 Å². The molecule has 1 aromatic rings. The maximum absolute atomic E-state index is 11.7. The normalized spacial score (nSPS) is 9.93. The van der Waals surface area contributed by atoms with Crippen LogP contribution in [0.25, 0.3) is 0 Å². The molecule has 1 amide bonds. The van der Waals surface area contributed by atoms with E-state index >= 15 is 0 Å². The number of anilines is 1. The Balaban J connectivity index is 2.57. The second-order valence-electron chi connectivity index (χ2n) is 3.02. The third kappa shape index (κ3) is 3.08. The Morgan fingerprint density at radius 2 is 2.53 bits per heavy atom. The van der Waals surface area contributed by atoms with Crippen molar-refractivity contribution in [2.45, 2.75) is 13.5 Å². The van der Waals surface area contributed by atoms with Gasteiger partial charge in [-0.2, -0.15) is 0 Å². The Morgan fingerprint density at radius 3 is 3.00 bits per heavy atom. The Bertz CT molecular complexity index is 346. The van der Waals surface area contributed by atoms with E-state index in [4.69, 9.17) is 5.73 Å². The fourth-order valence-corrected chi connectivity index (χ4v) is 1.19. The molecule has 0 aliphatic carbocycles. The van der Waals surface area contributed by atoms with Gasteiger partial charge in [0, 0.05) is 13.1 Å². The van der Waals surface area contributed by atoms with Gasteiger partial charge in [-0.1, -0.05) is 6.08 Å². The van der Waals surface area contributed by atoms with Crippen molar-refractivity contribution in [2.75, 3.05) is 18.8 Å². The first-order valence-electron chi connectivity index (χ1n) is 4.71. The lowest BCUT2D eigenvalue weighted by Gasteiger charge is -2.18. The average Bonchev–Trinajstić information content (AvgIpc) is 2.60. The van der Waals surface area contributed by atoms with Crippen LogP contribution in [0.1, 0.15) is 6.92 Å². The molecule has 0 spiro atoms. The molecule has 0 aromatic carbocycles. The second kappa shape index (κ2) is 5.14. The summed E-state index contributed by atoms with van der Waals surface area (Å²) in [6.07, 6.45) is 3.13. The number of likely N-dealkylation sites (N-methyl/N-ethyl adjacent to an activating group) is 1. The predicted octanol–water partition coefficient (Wildman–Crippen LogP) is -0.105. The van der Waals surface area contributed by atoms with E-state index in [1.54, 1.807) is 11.0 Å². The first kappa shape index (κ1) is 11.2. The summed E-state index contributed by atoms with van der Waals surface area (Å²) in [5.74, 6) is 0.150. The van der Waals surface area contributed by atoms with E-state index in [1.807, 2.05) is 6.92 Å². The highest BCUT2D eigenvalue weighted by atomic mass is 16.2. The summed E-state index contributed by atoms with van der Waals surface area (Å²) in [7, 11) is 0. The minimum atomic E-state index is -0.0256. The van der Waals surface area contributed by atoms with Crippen molar-refractivity contribution in [3.63, 3.8) is 0 Å². The number of carbonyl (C=O) groups excluding carboxylic acids is 1. The minimum absolute atomic E-state index is 0.0256. The zero-order chi connectivity index (χ0) is 11.3. The van der Waals surface area contributed by atoms with Gasteiger partial charge in [-0.15, -0.1) is 11.7 Å². The number of carbonyl (C=O) groups is 1. The van der Waals surface area contributed by atoms with Gasteiger partial charge in [-0.05, 0) is 6.92 Å². The van der Waals surface area contributed by atoms with Crippen LogP contribution in [0.15, 0.2) is 19.0 Å². The first-order chi connectivity index (χ1) is 7.17. The predicted molar refractivity (Wildman–Crippen MR) is 56.9 cm³/mol. The molecule has 0 aliphatic rings. The molecule has 1 rings (SSSR count). The molecule has 0 bridgehead atoms. The molecule has 0 fully saturated rings. The van der Waals surface area contributed by atoms with E-state index in [0.29, 0.717) is 13.1 Å². The first-order valence-corrected chi connectivity index (χ1v) is 4.71. The summed E-state index contributed by atoms with van der Waals surface area (Å²) in [6, 6.07) is 0. The Kier molecular flexibility index (Phi) is 3.84. The van der Waals surface area contributed by atoms with Gasteiger partial charge in [0.1, 0.15) is 12.9 Å². The van der Waals surface area contributed by atoms with Crippen LogP contribution in [0.5, 0.6) is 0 Å². The van der Waals surface area contributed by atoms with Crippen molar-refractivity contribution in [3.8, 4) is 0 Å². The summed E-state index contributed by atoms with van der Waals surface area (Å²) < 4.78 is 1.42. The number of aromatic nitrogens is 3. The molecule has 0 radical (unpaired) electrons. The Labute approximate surface area is 88.4 Å². The van der Waals surface area contributed by atoms with Crippen LogP contribution in [0.4, 0.5) is 5.95 Å². The van der Waals surface area contributed by atoms with E-state index in [-0.39, 0.29) is 18.4 Å². The van der Waals surface area contributed by atoms with Gasteiger partial charge in [0.15, 0.2) is 0 Å². The van der Waals surface area contributed by atoms with Crippen LogP contribution < -0.4 is 5.73 Å². The smallest absolute Gasteiger partial charge is 0.244 e. The van der Waals surface area contributed by atoms with Gasteiger partial charge in [0.2, 0.25) is 11.9 Å². The lowest BCUT2D eigenvalue weighted by atomic mass is 10.4. The molecule has 1 aromatic heterocycles. The van der Waals surface area contributed by atoms with Crippen LogP contribution in [0, 0.1) is 0 Å². The second-order valence-corrected chi connectivity index (χ2v) is 3.02. The zero-order valence-corrected chi connectivity index (χ0v) is 8.76. The number of nitrogens with zero attached hydrogens (tertiary/aromatic N) is 4. The largest absolute Gasteiger partial charge is 0.367 e. The highest BCUT2D eigenvalue weighted by molar-refractivity contribution is 5.76. The number of amides is 1. The molecule has 0 saturated carbocycles. The van der Waals surface area contributed by atoms with E-state index < -0.39 is 0 Å². The van der Waals surface area contributed by atoms with Crippen LogP contribution in [0.3, 0.4) is 0 Å². The summed E-state index contributed by atoms with van der Waals surface area (Å²) >= 11 is 0. The van der Waals surface area contributed by atoms with Crippen molar-refractivity contribution in [1.29, 1.82) is 0 Å². The van der Waals surface area contributed by atoms with Gasteiger partial charge < -0.3 is 10.6 Å². The molecule has 0 atom stereocenters. The van der Waals surface area contributed by atoms with Gasteiger partial charge in [0.25, 0.3) is 0 Å². The molecule has 0 unspecified atom stereocenters. The number of rotatable bonds is 5. The number of nitrogen functional groups attached to an aromatic ring is 1. The molecular formula is C9H15N5O. The number of hydrogen-bond acceptors (Lipinski definition) is 4. The quantitative estimate of drug-likeness (QED) is 0.687. The molecule has 82 valence electrons. The molecule has 0 saturated heterocycles. The lowest BCUT2D eigenvalue weighted by molar-refractivity contribution is -0.131. The van der Waals surface area contributed by atoms with Crippen molar-refractivity contribution in [2.24, 2.45) is 0 Å². The summed E-state index contributed by atoms with van der Waals surface area (Å²) in [5, 5.41) is 3.84. The molecule has 6 heteroatoms. The van der Waals surface area contributed by atoms with Gasteiger partial charge in [-0.3, -0.25) is 4.79 Å². The summed E-state index contributed by atoms with van der Waals surface area (Å²) in [4.78, 5) is 17.1. The SMILES string of the molecule is C=CCN(CC)C(=O)Cn1cnc(N)n1.